The molecule has 14 heavy (non-hydrogen) atoms. The highest BCUT2D eigenvalue weighted by atomic mass is 16.6. The average molecular weight is 202 g/mol. The van der Waals surface area contributed by atoms with Crippen LogP contribution in [-0.2, 0) is 14.3 Å². The van der Waals surface area contributed by atoms with Crippen LogP contribution in [0.2, 0.25) is 0 Å². The van der Waals surface area contributed by atoms with Crippen molar-refractivity contribution >= 4 is 11.9 Å². The van der Waals surface area contributed by atoms with E-state index in [0.29, 0.717) is 6.42 Å². The molecule has 80 valence electrons. The molecule has 1 atom stereocenters. The Balaban J connectivity index is 2.74. The van der Waals surface area contributed by atoms with Crippen LogP contribution in [0.15, 0.2) is 0 Å². The van der Waals surface area contributed by atoms with E-state index in [1.54, 1.807) is 13.8 Å². The summed E-state index contributed by atoms with van der Waals surface area (Å²) in [6, 6.07) is 0. The normalized spacial score (nSPS) is 30.9. The minimum Gasteiger partial charge on any atom is -0.481 e. The number of ether oxygens (including phenoxy) is 1. The van der Waals surface area contributed by atoms with E-state index in [2.05, 4.69) is 0 Å². The zero-order valence-corrected chi connectivity index (χ0v) is 8.24. The lowest BCUT2D eigenvalue weighted by molar-refractivity contribution is -0.196. The van der Waals surface area contributed by atoms with Gasteiger partial charge >= 0.3 is 11.9 Å². The van der Waals surface area contributed by atoms with Gasteiger partial charge in [-0.3, -0.25) is 4.79 Å². The van der Waals surface area contributed by atoms with E-state index in [0.717, 1.165) is 0 Å². The maximum atomic E-state index is 11.3. The third-order valence-electron chi connectivity index (χ3n) is 2.33. The maximum absolute atomic E-state index is 11.3. The zero-order valence-electron chi connectivity index (χ0n) is 8.24. The van der Waals surface area contributed by atoms with E-state index in [-0.39, 0.29) is 6.42 Å². The highest BCUT2D eigenvalue weighted by Crippen LogP contribution is 2.33. The molecule has 1 saturated heterocycles. The van der Waals surface area contributed by atoms with Gasteiger partial charge in [0.1, 0.15) is 5.60 Å². The lowest BCUT2D eigenvalue weighted by Gasteiger charge is -2.38. The molecule has 0 spiro atoms. The quantitative estimate of drug-likeness (QED) is 0.629. The monoisotopic (exact) mass is 202 g/mol. The van der Waals surface area contributed by atoms with Crippen molar-refractivity contribution in [2.24, 2.45) is 0 Å². The maximum Gasteiger partial charge on any atom is 0.339 e. The van der Waals surface area contributed by atoms with Gasteiger partial charge in [0, 0.05) is 0 Å². The molecule has 0 aromatic rings. The molecule has 0 radical (unpaired) electrons. The number of rotatable bonds is 2. The Morgan fingerprint density at radius 2 is 2.07 bits per heavy atom. The number of aliphatic hydroxyl groups is 1. The highest BCUT2D eigenvalue weighted by molar-refractivity contribution is 5.85. The third-order valence-corrected chi connectivity index (χ3v) is 2.33. The molecule has 0 amide bonds. The number of hydrogen-bond acceptors (Lipinski definition) is 4. The molecule has 5 nitrogen and oxygen atoms in total. The second-order valence-corrected chi connectivity index (χ2v) is 4.25. The summed E-state index contributed by atoms with van der Waals surface area (Å²) in [6.45, 7) is 3.45. The van der Waals surface area contributed by atoms with Crippen molar-refractivity contribution in [2.75, 3.05) is 0 Å². The van der Waals surface area contributed by atoms with Crippen LogP contribution in [0.5, 0.6) is 0 Å². The fraction of sp³-hybridized carbons (Fsp3) is 0.778. The topological polar surface area (TPSA) is 83.8 Å². The predicted molar refractivity (Wildman–Crippen MR) is 46.6 cm³/mol. The molecule has 5 heteroatoms. The molecule has 1 fully saturated rings. The number of carbonyl (C=O) groups excluding carboxylic acids is 1. The van der Waals surface area contributed by atoms with Crippen molar-refractivity contribution in [3.8, 4) is 0 Å². The summed E-state index contributed by atoms with van der Waals surface area (Å²) in [5.74, 6) is -2.04. The minimum atomic E-state index is -1.85. The Bertz CT molecular complexity index is 270. The van der Waals surface area contributed by atoms with Gasteiger partial charge < -0.3 is 14.9 Å². The molecule has 2 N–H and O–H groups in total. The largest absolute Gasteiger partial charge is 0.481 e. The highest BCUT2D eigenvalue weighted by Gasteiger charge is 2.47. The van der Waals surface area contributed by atoms with Gasteiger partial charge in [0.2, 0.25) is 0 Å². The Kier molecular flexibility index (Phi) is 2.54. The van der Waals surface area contributed by atoms with Crippen LogP contribution in [0.1, 0.15) is 33.1 Å². The third kappa shape index (κ3) is 2.23. The van der Waals surface area contributed by atoms with Crippen molar-refractivity contribution in [3.63, 3.8) is 0 Å². The number of carbonyl (C=O) groups is 2. The van der Waals surface area contributed by atoms with Crippen molar-refractivity contribution in [2.45, 2.75) is 44.3 Å². The number of hydrogen-bond donors (Lipinski definition) is 2. The molecule has 1 unspecified atom stereocenters. The van der Waals surface area contributed by atoms with Crippen LogP contribution in [0.25, 0.3) is 0 Å². The summed E-state index contributed by atoms with van der Waals surface area (Å²) < 4.78 is 4.94. The fourth-order valence-electron chi connectivity index (χ4n) is 1.42. The summed E-state index contributed by atoms with van der Waals surface area (Å²) in [5.41, 5.74) is -2.46. The number of carboxylic acids is 1. The van der Waals surface area contributed by atoms with E-state index in [1.807, 2.05) is 0 Å². The second-order valence-electron chi connectivity index (χ2n) is 4.25. The summed E-state index contributed by atoms with van der Waals surface area (Å²) in [4.78, 5) is 21.7. The van der Waals surface area contributed by atoms with Crippen molar-refractivity contribution in [3.05, 3.63) is 0 Å². The zero-order chi connectivity index (χ0) is 11.0. The van der Waals surface area contributed by atoms with E-state index >= 15 is 0 Å². The Hall–Kier alpha value is -1.10. The SMILES string of the molecule is CC1(C)CCC(O)(CC(=O)O)C(=O)O1. The first-order valence-corrected chi connectivity index (χ1v) is 4.43. The lowest BCUT2D eigenvalue weighted by atomic mass is 9.85. The first-order chi connectivity index (χ1) is 6.25. The molecule has 1 aliphatic rings. The summed E-state index contributed by atoms with van der Waals surface area (Å²) in [7, 11) is 0. The first-order valence-electron chi connectivity index (χ1n) is 4.43. The summed E-state index contributed by atoms with van der Waals surface area (Å²) in [5, 5.41) is 18.2. The van der Waals surface area contributed by atoms with E-state index in [1.165, 1.54) is 0 Å². The molecular formula is C9H14O5. The number of carboxylic acid groups (broad SMARTS) is 1. The fourth-order valence-corrected chi connectivity index (χ4v) is 1.42. The molecule has 1 aliphatic heterocycles. The molecule has 1 heterocycles. The van der Waals surface area contributed by atoms with E-state index in [9.17, 15) is 14.7 Å². The van der Waals surface area contributed by atoms with Gasteiger partial charge in [-0.1, -0.05) is 0 Å². The second kappa shape index (κ2) is 3.24. The summed E-state index contributed by atoms with van der Waals surface area (Å²) >= 11 is 0. The van der Waals surface area contributed by atoms with Gasteiger partial charge in [0.15, 0.2) is 5.60 Å². The van der Waals surface area contributed by atoms with Gasteiger partial charge in [0.05, 0.1) is 6.42 Å². The molecule has 0 bridgehead atoms. The van der Waals surface area contributed by atoms with Crippen LogP contribution >= 0.6 is 0 Å². The van der Waals surface area contributed by atoms with E-state index < -0.39 is 29.6 Å². The number of aliphatic carboxylic acids is 1. The number of cyclic esters (lactones) is 1. The average Bonchev–Trinajstić information content (AvgIpc) is 1.97. The van der Waals surface area contributed by atoms with Crippen LogP contribution in [0.3, 0.4) is 0 Å². The molecule has 0 aliphatic carbocycles. The van der Waals surface area contributed by atoms with Crippen molar-refractivity contribution in [1.82, 2.24) is 0 Å². The van der Waals surface area contributed by atoms with Crippen LogP contribution in [0.4, 0.5) is 0 Å². The minimum absolute atomic E-state index is 0.130. The molecule has 0 saturated carbocycles. The summed E-state index contributed by atoms with van der Waals surface area (Å²) in [6.07, 6.45) is -0.00440. The Morgan fingerprint density at radius 3 is 2.50 bits per heavy atom. The lowest BCUT2D eigenvalue weighted by Crippen LogP contribution is -2.51. The van der Waals surface area contributed by atoms with Crippen LogP contribution in [0, 0.1) is 0 Å². The van der Waals surface area contributed by atoms with E-state index in [4.69, 9.17) is 9.84 Å². The smallest absolute Gasteiger partial charge is 0.339 e. The van der Waals surface area contributed by atoms with Gasteiger partial charge in [-0.05, 0) is 26.7 Å². The van der Waals surface area contributed by atoms with Gasteiger partial charge in [-0.2, -0.15) is 0 Å². The standard InChI is InChI=1S/C9H14O5/c1-8(2)3-4-9(13,5-6(10)11)7(12)14-8/h13H,3-5H2,1-2H3,(H,10,11). The molecule has 0 aromatic carbocycles. The van der Waals surface area contributed by atoms with Crippen LogP contribution < -0.4 is 0 Å². The first kappa shape index (κ1) is 11.0. The van der Waals surface area contributed by atoms with Crippen molar-refractivity contribution in [1.29, 1.82) is 0 Å². The van der Waals surface area contributed by atoms with Gasteiger partial charge in [-0.25, -0.2) is 4.79 Å². The van der Waals surface area contributed by atoms with Gasteiger partial charge in [0.25, 0.3) is 0 Å². The number of esters is 1. The Morgan fingerprint density at radius 1 is 1.50 bits per heavy atom. The predicted octanol–water partition coefficient (Wildman–Crippen LogP) is 0.308. The van der Waals surface area contributed by atoms with Crippen LogP contribution in [-0.4, -0.2) is 33.4 Å². The van der Waals surface area contributed by atoms with Crippen molar-refractivity contribution < 1.29 is 24.5 Å². The van der Waals surface area contributed by atoms with Gasteiger partial charge in [-0.15, -0.1) is 0 Å². The molecule has 1 rings (SSSR count). The molecular weight excluding hydrogens is 188 g/mol. The Labute approximate surface area is 81.7 Å². The molecule has 0 aromatic heterocycles.